The van der Waals surface area contributed by atoms with Crippen molar-refractivity contribution < 1.29 is 9.59 Å². The van der Waals surface area contributed by atoms with E-state index in [1.807, 2.05) is 50.2 Å². The van der Waals surface area contributed by atoms with Gasteiger partial charge in [0.1, 0.15) is 5.70 Å². The summed E-state index contributed by atoms with van der Waals surface area (Å²) in [5.74, 6) is -0.281. The summed E-state index contributed by atoms with van der Waals surface area (Å²) < 4.78 is 0. The van der Waals surface area contributed by atoms with Crippen LogP contribution in [-0.2, 0) is 11.3 Å². The molecule has 0 saturated carbocycles. The molecule has 1 aliphatic heterocycles. The summed E-state index contributed by atoms with van der Waals surface area (Å²) >= 11 is 1.59. The average molecular weight is 312 g/mol. The number of hydrogen-bond acceptors (Lipinski definition) is 3. The lowest BCUT2D eigenvalue weighted by Crippen LogP contribution is -2.30. The Balaban J connectivity index is 1.79. The standard InChI is InChI=1S/C17H16N2O2S/c1-11-3-6-13(7-4-11)10-19-16(20)15(18-17(19)21)9-14-8-5-12(2)22-14/h3-9H,10H2,1-2H3,(H,18,21)/b15-9-. The maximum atomic E-state index is 12.4. The zero-order valence-electron chi connectivity index (χ0n) is 12.4. The quantitative estimate of drug-likeness (QED) is 0.697. The molecule has 2 heterocycles. The molecule has 1 aromatic carbocycles. The van der Waals surface area contributed by atoms with Crippen molar-refractivity contribution in [3.8, 4) is 0 Å². The average Bonchev–Trinajstić information content (AvgIpc) is 3.00. The fraction of sp³-hybridized carbons (Fsp3) is 0.176. The van der Waals surface area contributed by atoms with E-state index < -0.39 is 0 Å². The Morgan fingerprint density at radius 3 is 2.45 bits per heavy atom. The van der Waals surface area contributed by atoms with Gasteiger partial charge in [-0.05, 0) is 37.6 Å². The lowest BCUT2D eigenvalue weighted by Gasteiger charge is -2.11. The summed E-state index contributed by atoms with van der Waals surface area (Å²) in [6.07, 6.45) is 1.73. The molecule has 1 N–H and O–H groups in total. The fourth-order valence-corrected chi connectivity index (χ4v) is 3.09. The van der Waals surface area contributed by atoms with Gasteiger partial charge in [-0.3, -0.25) is 9.69 Å². The number of nitrogens with zero attached hydrogens (tertiary/aromatic N) is 1. The highest BCUT2D eigenvalue weighted by Crippen LogP contribution is 2.21. The van der Waals surface area contributed by atoms with Gasteiger partial charge in [0, 0.05) is 9.75 Å². The van der Waals surface area contributed by atoms with Gasteiger partial charge >= 0.3 is 6.03 Å². The molecule has 4 nitrogen and oxygen atoms in total. The van der Waals surface area contributed by atoms with Crippen molar-refractivity contribution in [2.75, 3.05) is 0 Å². The summed E-state index contributed by atoms with van der Waals surface area (Å²) in [4.78, 5) is 27.8. The summed E-state index contributed by atoms with van der Waals surface area (Å²) in [6.45, 7) is 4.29. The van der Waals surface area contributed by atoms with E-state index in [1.54, 1.807) is 17.4 Å². The molecule has 1 fully saturated rings. The maximum absolute atomic E-state index is 12.4. The Labute approximate surface area is 133 Å². The lowest BCUT2D eigenvalue weighted by molar-refractivity contribution is -0.123. The van der Waals surface area contributed by atoms with Gasteiger partial charge in [0.15, 0.2) is 0 Å². The van der Waals surface area contributed by atoms with Crippen LogP contribution < -0.4 is 5.32 Å². The van der Waals surface area contributed by atoms with E-state index in [2.05, 4.69) is 5.32 Å². The van der Waals surface area contributed by atoms with Crippen molar-refractivity contribution in [1.29, 1.82) is 0 Å². The molecule has 22 heavy (non-hydrogen) atoms. The second-order valence-electron chi connectivity index (χ2n) is 5.31. The van der Waals surface area contributed by atoms with E-state index in [9.17, 15) is 9.59 Å². The number of hydrogen-bond donors (Lipinski definition) is 1. The number of carbonyl (C=O) groups is 2. The predicted octanol–water partition coefficient (Wildman–Crippen LogP) is 3.46. The van der Waals surface area contributed by atoms with Crippen LogP contribution in [0.2, 0.25) is 0 Å². The minimum Gasteiger partial charge on any atom is -0.303 e. The van der Waals surface area contributed by atoms with E-state index in [4.69, 9.17) is 0 Å². The molecular formula is C17H16N2O2S. The SMILES string of the molecule is Cc1ccc(CN2C(=O)N/C(=C\c3ccc(C)s3)C2=O)cc1. The van der Waals surface area contributed by atoms with Crippen LogP contribution in [0.5, 0.6) is 0 Å². The zero-order valence-corrected chi connectivity index (χ0v) is 13.2. The van der Waals surface area contributed by atoms with Crippen molar-refractivity contribution in [2.24, 2.45) is 0 Å². The Hall–Kier alpha value is -2.40. The van der Waals surface area contributed by atoms with Crippen molar-refractivity contribution in [1.82, 2.24) is 10.2 Å². The minimum atomic E-state index is -0.370. The molecule has 0 unspecified atom stereocenters. The largest absolute Gasteiger partial charge is 0.329 e. The zero-order chi connectivity index (χ0) is 15.7. The van der Waals surface area contributed by atoms with Gasteiger partial charge in [0.25, 0.3) is 5.91 Å². The first-order chi connectivity index (χ1) is 10.5. The van der Waals surface area contributed by atoms with E-state index in [-0.39, 0.29) is 18.5 Å². The van der Waals surface area contributed by atoms with E-state index in [0.717, 1.165) is 16.0 Å². The number of imide groups is 1. The van der Waals surface area contributed by atoms with Crippen LogP contribution in [-0.4, -0.2) is 16.8 Å². The Morgan fingerprint density at radius 1 is 1.09 bits per heavy atom. The molecule has 2 aromatic rings. The van der Waals surface area contributed by atoms with Gasteiger partial charge in [-0.25, -0.2) is 4.79 Å². The molecule has 3 amide bonds. The van der Waals surface area contributed by atoms with Crippen LogP contribution in [0.1, 0.15) is 20.9 Å². The van der Waals surface area contributed by atoms with E-state index in [0.29, 0.717) is 5.70 Å². The summed E-state index contributed by atoms with van der Waals surface area (Å²) in [6, 6.07) is 11.4. The Bertz CT molecular complexity index is 759. The Morgan fingerprint density at radius 2 is 1.82 bits per heavy atom. The van der Waals surface area contributed by atoms with Crippen LogP contribution in [0, 0.1) is 13.8 Å². The molecule has 0 spiro atoms. The van der Waals surface area contributed by atoms with Crippen molar-refractivity contribution in [3.05, 3.63) is 63.0 Å². The van der Waals surface area contributed by atoms with Gasteiger partial charge in [0.05, 0.1) is 6.54 Å². The number of benzene rings is 1. The second kappa shape index (κ2) is 5.77. The third kappa shape index (κ3) is 2.94. The monoisotopic (exact) mass is 312 g/mol. The van der Waals surface area contributed by atoms with Gasteiger partial charge in [-0.15, -0.1) is 11.3 Å². The molecule has 0 bridgehead atoms. The first-order valence-electron chi connectivity index (χ1n) is 6.99. The molecule has 1 saturated heterocycles. The molecular weight excluding hydrogens is 296 g/mol. The number of rotatable bonds is 3. The van der Waals surface area contributed by atoms with Gasteiger partial charge in [0.2, 0.25) is 0 Å². The minimum absolute atomic E-state index is 0.281. The predicted molar refractivity (Wildman–Crippen MR) is 87.3 cm³/mol. The summed E-state index contributed by atoms with van der Waals surface area (Å²) in [5, 5.41) is 2.65. The number of nitrogens with one attached hydrogen (secondary N) is 1. The van der Waals surface area contributed by atoms with Crippen molar-refractivity contribution in [2.45, 2.75) is 20.4 Å². The van der Waals surface area contributed by atoms with E-state index >= 15 is 0 Å². The Kier molecular flexibility index (Phi) is 3.81. The van der Waals surface area contributed by atoms with Gasteiger partial charge in [-0.1, -0.05) is 29.8 Å². The number of thiophene rings is 1. The number of aryl methyl sites for hydroxylation is 2. The number of amides is 3. The van der Waals surface area contributed by atoms with Crippen LogP contribution in [0.4, 0.5) is 4.79 Å². The van der Waals surface area contributed by atoms with Crippen LogP contribution >= 0.6 is 11.3 Å². The van der Waals surface area contributed by atoms with Crippen molar-refractivity contribution >= 4 is 29.4 Å². The molecule has 0 radical (unpaired) electrons. The van der Waals surface area contributed by atoms with Gasteiger partial charge in [-0.2, -0.15) is 0 Å². The van der Waals surface area contributed by atoms with Gasteiger partial charge < -0.3 is 5.32 Å². The lowest BCUT2D eigenvalue weighted by atomic mass is 10.1. The molecule has 0 aliphatic carbocycles. The molecule has 112 valence electrons. The first-order valence-corrected chi connectivity index (χ1v) is 7.81. The number of carbonyl (C=O) groups excluding carboxylic acids is 2. The highest BCUT2D eigenvalue weighted by atomic mass is 32.1. The summed E-state index contributed by atoms with van der Waals surface area (Å²) in [7, 11) is 0. The third-order valence-corrected chi connectivity index (χ3v) is 4.42. The van der Waals surface area contributed by atoms with Crippen LogP contribution in [0.25, 0.3) is 6.08 Å². The van der Waals surface area contributed by atoms with Crippen LogP contribution in [0.15, 0.2) is 42.1 Å². The summed E-state index contributed by atoms with van der Waals surface area (Å²) in [5.41, 5.74) is 2.41. The highest BCUT2D eigenvalue weighted by molar-refractivity contribution is 7.12. The second-order valence-corrected chi connectivity index (χ2v) is 6.63. The topological polar surface area (TPSA) is 49.4 Å². The molecule has 0 atom stereocenters. The maximum Gasteiger partial charge on any atom is 0.329 e. The first kappa shape index (κ1) is 14.5. The molecule has 3 rings (SSSR count). The van der Waals surface area contributed by atoms with Crippen molar-refractivity contribution in [3.63, 3.8) is 0 Å². The fourth-order valence-electron chi connectivity index (χ4n) is 2.26. The van der Waals surface area contributed by atoms with E-state index in [1.165, 1.54) is 9.78 Å². The van der Waals surface area contributed by atoms with Crippen LogP contribution in [0.3, 0.4) is 0 Å². The molecule has 5 heteroatoms. The normalized spacial score (nSPS) is 16.5. The third-order valence-electron chi connectivity index (χ3n) is 3.47. The smallest absolute Gasteiger partial charge is 0.303 e. The molecule has 1 aromatic heterocycles. The number of urea groups is 1. The highest BCUT2D eigenvalue weighted by Gasteiger charge is 2.33. The molecule has 1 aliphatic rings.